The Morgan fingerprint density at radius 2 is 1.37 bits per heavy atom. The number of aromatic nitrogens is 2. The number of benzene rings is 1. The largest absolute Gasteiger partial charge is 0.295 e. The molecule has 1 aromatic carbocycles. The van der Waals surface area contributed by atoms with Crippen molar-refractivity contribution >= 4 is 11.6 Å². The molecule has 0 aliphatic heterocycles. The molecule has 3 aromatic rings. The summed E-state index contributed by atoms with van der Waals surface area (Å²) < 4.78 is 0. The van der Waals surface area contributed by atoms with Crippen LogP contribution in [0.5, 0.6) is 0 Å². The Labute approximate surface area is 177 Å². The predicted octanol–water partition coefficient (Wildman–Crippen LogP) is 6.09. The third-order valence-electron chi connectivity index (χ3n) is 5.02. The fourth-order valence-corrected chi connectivity index (χ4v) is 3.24. The van der Waals surface area contributed by atoms with E-state index in [-0.39, 0.29) is 11.6 Å². The molecular formula is C26H26N2O2. The number of ketones is 2. The molecule has 0 fully saturated rings. The van der Waals surface area contributed by atoms with Gasteiger partial charge in [0.05, 0.1) is 0 Å². The Balaban J connectivity index is 1.63. The van der Waals surface area contributed by atoms with Gasteiger partial charge in [0.15, 0.2) is 11.6 Å². The zero-order valence-corrected chi connectivity index (χ0v) is 17.3. The zero-order chi connectivity index (χ0) is 21.3. The van der Waals surface area contributed by atoms with Gasteiger partial charge in [-0.1, -0.05) is 43.3 Å². The van der Waals surface area contributed by atoms with Crippen molar-refractivity contribution in [2.75, 3.05) is 0 Å². The number of nitrogens with zero attached hydrogens (tertiary/aromatic N) is 2. The van der Waals surface area contributed by atoms with E-state index in [0.29, 0.717) is 24.0 Å². The fraction of sp³-hybridized carbons (Fsp3) is 0.231. The number of hydrogen-bond acceptors (Lipinski definition) is 4. The molecule has 0 aliphatic rings. The summed E-state index contributed by atoms with van der Waals surface area (Å²) in [6, 6.07) is 14.0. The lowest BCUT2D eigenvalue weighted by molar-refractivity contribution is -0.115. The van der Waals surface area contributed by atoms with Gasteiger partial charge in [-0.15, -0.1) is 0 Å². The van der Waals surface area contributed by atoms with Crippen LogP contribution >= 0.6 is 0 Å². The second kappa shape index (κ2) is 10.4. The minimum atomic E-state index is 0.0720. The standard InChI is InChI=1S/C26H26N2O2/c1-19(2)25(29)11-7-4-8-12-26(30)24-14-23(17-28-18-24)22-13-21(15-27-16-22)20-9-5-3-6-10-20/h3,5-6,9-10,13-18H,1,4,7-8,11-12H2,2H3. The van der Waals surface area contributed by atoms with Gasteiger partial charge >= 0.3 is 0 Å². The maximum atomic E-state index is 12.6. The predicted molar refractivity (Wildman–Crippen MR) is 120 cm³/mol. The fourth-order valence-electron chi connectivity index (χ4n) is 3.24. The van der Waals surface area contributed by atoms with Crippen LogP contribution in [0.15, 0.2) is 79.4 Å². The quantitative estimate of drug-likeness (QED) is 0.236. The van der Waals surface area contributed by atoms with Gasteiger partial charge in [-0.3, -0.25) is 19.6 Å². The first-order valence-electron chi connectivity index (χ1n) is 10.2. The van der Waals surface area contributed by atoms with Crippen LogP contribution in [0.25, 0.3) is 22.3 Å². The van der Waals surface area contributed by atoms with E-state index < -0.39 is 0 Å². The smallest absolute Gasteiger partial charge is 0.164 e. The molecule has 2 aromatic heterocycles. The van der Waals surface area contributed by atoms with Crippen molar-refractivity contribution in [2.45, 2.75) is 39.0 Å². The molecule has 0 N–H and O–H groups in total. The van der Waals surface area contributed by atoms with Crippen molar-refractivity contribution in [1.29, 1.82) is 0 Å². The number of carbonyl (C=O) groups is 2. The minimum absolute atomic E-state index is 0.0720. The van der Waals surface area contributed by atoms with Crippen LogP contribution in [0.2, 0.25) is 0 Å². The molecular weight excluding hydrogens is 372 g/mol. The van der Waals surface area contributed by atoms with Gasteiger partial charge in [-0.25, -0.2) is 0 Å². The van der Waals surface area contributed by atoms with Gasteiger partial charge in [0.25, 0.3) is 0 Å². The summed E-state index contributed by atoms with van der Waals surface area (Å²) in [6.45, 7) is 5.40. The van der Waals surface area contributed by atoms with Crippen LogP contribution in [0.3, 0.4) is 0 Å². The number of carbonyl (C=O) groups excluding carboxylic acids is 2. The summed E-state index contributed by atoms with van der Waals surface area (Å²) in [5, 5.41) is 0. The summed E-state index contributed by atoms with van der Waals surface area (Å²) >= 11 is 0. The normalized spacial score (nSPS) is 10.6. The van der Waals surface area contributed by atoms with Crippen LogP contribution in [-0.2, 0) is 4.79 Å². The molecule has 0 saturated carbocycles. The van der Waals surface area contributed by atoms with Crippen LogP contribution in [-0.4, -0.2) is 21.5 Å². The Kier molecular flexibility index (Phi) is 7.39. The average molecular weight is 399 g/mol. The topological polar surface area (TPSA) is 59.9 Å². The van der Waals surface area contributed by atoms with Crippen molar-refractivity contribution in [3.8, 4) is 22.3 Å². The van der Waals surface area contributed by atoms with Crippen LogP contribution in [0.4, 0.5) is 0 Å². The van der Waals surface area contributed by atoms with Gasteiger partial charge in [0.2, 0.25) is 0 Å². The van der Waals surface area contributed by atoms with Crippen molar-refractivity contribution in [1.82, 2.24) is 9.97 Å². The van der Waals surface area contributed by atoms with Crippen molar-refractivity contribution in [3.05, 3.63) is 85.0 Å². The lowest BCUT2D eigenvalue weighted by atomic mass is 10.00. The number of hydrogen-bond donors (Lipinski definition) is 0. The molecule has 30 heavy (non-hydrogen) atoms. The molecule has 0 amide bonds. The molecule has 4 heteroatoms. The number of rotatable bonds is 10. The zero-order valence-electron chi connectivity index (χ0n) is 17.3. The van der Waals surface area contributed by atoms with E-state index in [1.54, 1.807) is 25.5 Å². The highest BCUT2D eigenvalue weighted by molar-refractivity contribution is 5.97. The van der Waals surface area contributed by atoms with Crippen LogP contribution in [0, 0.1) is 0 Å². The SMILES string of the molecule is C=C(C)C(=O)CCCCCC(=O)c1cncc(-c2cncc(-c3ccccc3)c2)c1. The monoisotopic (exact) mass is 398 g/mol. The molecule has 0 atom stereocenters. The number of unbranched alkanes of at least 4 members (excludes halogenated alkanes) is 2. The summed E-state index contributed by atoms with van der Waals surface area (Å²) in [6.07, 6.45) is 10.3. The highest BCUT2D eigenvalue weighted by Crippen LogP contribution is 2.25. The van der Waals surface area contributed by atoms with E-state index in [0.717, 1.165) is 41.5 Å². The van der Waals surface area contributed by atoms with Crippen molar-refractivity contribution < 1.29 is 9.59 Å². The first-order chi connectivity index (χ1) is 14.5. The Morgan fingerprint density at radius 3 is 2.07 bits per heavy atom. The lowest BCUT2D eigenvalue weighted by Gasteiger charge is -2.07. The number of allylic oxidation sites excluding steroid dienone is 1. The highest BCUT2D eigenvalue weighted by Gasteiger charge is 2.10. The highest BCUT2D eigenvalue weighted by atomic mass is 16.1. The Hall–Kier alpha value is -3.40. The van der Waals surface area contributed by atoms with Gasteiger partial charge in [-0.05, 0) is 43.0 Å². The first-order valence-corrected chi connectivity index (χ1v) is 10.2. The number of pyridine rings is 2. The minimum Gasteiger partial charge on any atom is -0.295 e. The second-order valence-electron chi connectivity index (χ2n) is 7.48. The Morgan fingerprint density at radius 1 is 0.767 bits per heavy atom. The third-order valence-corrected chi connectivity index (χ3v) is 5.02. The molecule has 0 bridgehead atoms. The van der Waals surface area contributed by atoms with Gasteiger partial charge in [-0.2, -0.15) is 0 Å². The lowest BCUT2D eigenvalue weighted by Crippen LogP contribution is -2.01. The molecule has 0 unspecified atom stereocenters. The van der Waals surface area contributed by atoms with Crippen LogP contribution in [0.1, 0.15) is 49.4 Å². The van der Waals surface area contributed by atoms with Gasteiger partial charge in [0, 0.05) is 59.9 Å². The van der Waals surface area contributed by atoms with Crippen LogP contribution < -0.4 is 0 Å². The molecule has 2 heterocycles. The maximum Gasteiger partial charge on any atom is 0.164 e. The summed E-state index contributed by atoms with van der Waals surface area (Å²) in [5.41, 5.74) is 5.12. The molecule has 3 rings (SSSR count). The van der Waals surface area contributed by atoms with E-state index in [2.05, 4.69) is 22.6 Å². The summed E-state index contributed by atoms with van der Waals surface area (Å²) in [5.74, 6) is 0.173. The average Bonchev–Trinajstić information content (AvgIpc) is 2.79. The number of Topliss-reactive ketones (excluding diaryl/α,β-unsaturated/α-hetero) is 2. The van der Waals surface area contributed by atoms with Crippen molar-refractivity contribution in [3.63, 3.8) is 0 Å². The molecule has 0 radical (unpaired) electrons. The van der Waals surface area contributed by atoms with Gasteiger partial charge < -0.3 is 0 Å². The second-order valence-corrected chi connectivity index (χ2v) is 7.48. The Bertz CT molecular complexity index is 1040. The maximum absolute atomic E-state index is 12.6. The molecule has 0 aliphatic carbocycles. The van der Waals surface area contributed by atoms with E-state index in [9.17, 15) is 9.59 Å². The molecule has 0 spiro atoms. The molecule has 0 saturated heterocycles. The van der Waals surface area contributed by atoms with E-state index in [4.69, 9.17) is 0 Å². The third kappa shape index (κ3) is 5.80. The summed E-state index contributed by atoms with van der Waals surface area (Å²) in [4.78, 5) is 32.8. The van der Waals surface area contributed by atoms with E-state index in [1.165, 1.54) is 0 Å². The summed E-state index contributed by atoms with van der Waals surface area (Å²) in [7, 11) is 0. The van der Waals surface area contributed by atoms with E-state index >= 15 is 0 Å². The first kappa shape index (κ1) is 21.3. The van der Waals surface area contributed by atoms with E-state index in [1.807, 2.05) is 42.6 Å². The van der Waals surface area contributed by atoms with Gasteiger partial charge in [0.1, 0.15) is 0 Å². The molecule has 152 valence electrons. The molecule has 4 nitrogen and oxygen atoms in total. The van der Waals surface area contributed by atoms with Crippen molar-refractivity contribution in [2.24, 2.45) is 0 Å².